The highest BCUT2D eigenvalue weighted by molar-refractivity contribution is 5.98. The summed E-state index contributed by atoms with van der Waals surface area (Å²) in [6.07, 6.45) is 5.88. The lowest BCUT2D eigenvalue weighted by Crippen LogP contribution is -2.34. The summed E-state index contributed by atoms with van der Waals surface area (Å²) in [6.45, 7) is 3.79. The van der Waals surface area contributed by atoms with E-state index in [1.165, 1.54) is 6.20 Å². The van der Waals surface area contributed by atoms with E-state index in [1.54, 1.807) is 12.1 Å². The van der Waals surface area contributed by atoms with Crippen LogP contribution in [0, 0.1) is 0 Å². The van der Waals surface area contributed by atoms with Crippen molar-refractivity contribution in [3.8, 4) is 0 Å². The van der Waals surface area contributed by atoms with Gasteiger partial charge in [0.05, 0.1) is 0 Å². The number of carbonyl (C=O) groups excluding carboxylic acids is 2. The predicted molar refractivity (Wildman–Crippen MR) is 76.6 cm³/mol. The zero-order valence-corrected chi connectivity index (χ0v) is 12.0. The van der Waals surface area contributed by atoms with E-state index in [0.29, 0.717) is 11.3 Å². The van der Waals surface area contributed by atoms with Gasteiger partial charge in [0.15, 0.2) is 0 Å². The van der Waals surface area contributed by atoms with E-state index in [1.807, 2.05) is 13.8 Å². The molecule has 2 N–H and O–H groups in total. The number of amides is 2. The number of pyridine rings is 1. The third-order valence-corrected chi connectivity index (χ3v) is 3.36. The average Bonchev–Trinajstić information content (AvgIpc) is 2.91. The number of hydrogen-bond donors (Lipinski definition) is 2. The fraction of sp³-hybridized carbons (Fsp3) is 0.533. The Bertz CT molecular complexity index is 494. The van der Waals surface area contributed by atoms with Crippen LogP contribution >= 0.6 is 0 Å². The third-order valence-electron chi connectivity index (χ3n) is 3.36. The standard InChI is InChI=1S/C15H21N3O2/c1-10(2)17-14(19)11-7-8-16-13(9-11)15(20)18-12-5-3-4-6-12/h7-10,12H,3-6H2,1-2H3,(H,17,19)(H,18,20). The second-order valence-corrected chi connectivity index (χ2v) is 5.51. The van der Waals surface area contributed by atoms with Gasteiger partial charge in [0.1, 0.15) is 5.69 Å². The average molecular weight is 275 g/mol. The molecule has 0 aromatic carbocycles. The van der Waals surface area contributed by atoms with Gasteiger partial charge in [-0.3, -0.25) is 14.6 Å². The molecule has 0 atom stereocenters. The number of hydrogen-bond acceptors (Lipinski definition) is 3. The molecule has 1 saturated carbocycles. The van der Waals surface area contributed by atoms with Crippen LogP contribution in [0.5, 0.6) is 0 Å². The zero-order valence-electron chi connectivity index (χ0n) is 12.0. The molecule has 1 aromatic heterocycles. The molecule has 1 aromatic rings. The van der Waals surface area contributed by atoms with Crippen molar-refractivity contribution in [3.63, 3.8) is 0 Å². The first-order valence-corrected chi connectivity index (χ1v) is 7.14. The topological polar surface area (TPSA) is 71.1 Å². The minimum Gasteiger partial charge on any atom is -0.350 e. The zero-order chi connectivity index (χ0) is 14.5. The fourth-order valence-corrected chi connectivity index (χ4v) is 2.37. The van der Waals surface area contributed by atoms with Gasteiger partial charge >= 0.3 is 0 Å². The second-order valence-electron chi connectivity index (χ2n) is 5.51. The summed E-state index contributed by atoms with van der Waals surface area (Å²) in [5.74, 6) is -0.381. The largest absolute Gasteiger partial charge is 0.350 e. The summed E-state index contributed by atoms with van der Waals surface area (Å²) in [5.41, 5.74) is 0.763. The van der Waals surface area contributed by atoms with Crippen molar-refractivity contribution in [2.45, 2.75) is 51.6 Å². The number of nitrogens with one attached hydrogen (secondary N) is 2. The van der Waals surface area contributed by atoms with Gasteiger partial charge in [0.2, 0.25) is 0 Å². The van der Waals surface area contributed by atoms with Crippen LogP contribution < -0.4 is 10.6 Å². The minimum absolute atomic E-state index is 0.0615. The first-order chi connectivity index (χ1) is 9.56. The lowest BCUT2D eigenvalue weighted by molar-refractivity contribution is 0.0933. The van der Waals surface area contributed by atoms with E-state index in [0.717, 1.165) is 25.7 Å². The molecule has 0 radical (unpaired) electrons. The second kappa shape index (κ2) is 6.50. The number of aromatic nitrogens is 1. The van der Waals surface area contributed by atoms with E-state index in [2.05, 4.69) is 15.6 Å². The van der Waals surface area contributed by atoms with Gasteiger partial charge in [-0.15, -0.1) is 0 Å². The molecule has 0 saturated heterocycles. The Hall–Kier alpha value is -1.91. The highest BCUT2D eigenvalue weighted by Gasteiger charge is 2.19. The molecule has 0 bridgehead atoms. The first-order valence-electron chi connectivity index (χ1n) is 7.14. The first kappa shape index (κ1) is 14.5. The van der Waals surface area contributed by atoms with Crippen LogP contribution in [0.15, 0.2) is 18.3 Å². The van der Waals surface area contributed by atoms with Crippen LogP contribution in [0.25, 0.3) is 0 Å². The van der Waals surface area contributed by atoms with E-state index in [4.69, 9.17) is 0 Å². The smallest absolute Gasteiger partial charge is 0.270 e. The summed E-state index contributed by atoms with van der Waals surface area (Å²) in [7, 11) is 0. The molecule has 2 amide bonds. The molecule has 2 rings (SSSR count). The summed E-state index contributed by atoms with van der Waals surface area (Å²) in [6, 6.07) is 3.47. The fourth-order valence-electron chi connectivity index (χ4n) is 2.37. The molecular weight excluding hydrogens is 254 g/mol. The van der Waals surface area contributed by atoms with Gasteiger partial charge in [-0.05, 0) is 38.8 Å². The van der Waals surface area contributed by atoms with Crippen LogP contribution in [-0.2, 0) is 0 Å². The number of nitrogens with zero attached hydrogens (tertiary/aromatic N) is 1. The molecule has 1 aliphatic rings. The number of carbonyl (C=O) groups is 2. The molecule has 0 unspecified atom stereocenters. The molecule has 1 aliphatic carbocycles. The van der Waals surface area contributed by atoms with E-state index in [-0.39, 0.29) is 23.9 Å². The van der Waals surface area contributed by atoms with E-state index >= 15 is 0 Å². The lowest BCUT2D eigenvalue weighted by atomic mass is 10.2. The summed E-state index contributed by atoms with van der Waals surface area (Å²) in [4.78, 5) is 28.0. The maximum atomic E-state index is 12.1. The number of rotatable bonds is 4. The molecular formula is C15H21N3O2. The normalized spacial score (nSPS) is 15.3. The van der Waals surface area contributed by atoms with Crippen LogP contribution in [0.3, 0.4) is 0 Å². The Morgan fingerprint density at radius 3 is 2.60 bits per heavy atom. The molecule has 5 nitrogen and oxygen atoms in total. The third kappa shape index (κ3) is 3.79. The van der Waals surface area contributed by atoms with Gasteiger partial charge in [0, 0.05) is 23.8 Å². The van der Waals surface area contributed by atoms with Gasteiger partial charge < -0.3 is 10.6 Å². The van der Waals surface area contributed by atoms with Crippen molar-refractivity contribution in [1.29, 1.82) is 0 Å². The van der Waals surface area contributed by atoms with E-state index < -0.39 is 0 Å². The van der Waals surface area contributed by atoms with Crippen LogP contribution in [0.4, 0.5) is 0 Å². The Labute approximate surface area is 119 Å². The molecule has 20 heavy (non-hydrogen) atoms. The van der Waals surface area contributed by atoms with Crippen LogP contribution in [-0.4, -0.2) is 28.9 Å². The maximum Gasteiger partial charge on any atom is 0.270 e. The van der Waals surface area contributed by atoms with Crippen molar-refractivity contribution >= 4 is 11.8 Å². The predicted octanol–water partition coefficient (Wildman–Crippen LogP) is 1.89. The lowest BCUT2D eigenvalue weighted by Gasteiger charge is -2.12. The van der Waals surface area contributed by atoms with Gasteiger partial charge in [0.25, 0.3) is 11.8 Å². The van der Waals surface area contributed by atoms with Gasteiger partial charge in [-0.1, -0.05) is 12.8 Å². The molecule has 0 spiro atoms. The van der Waals surface area contributed by atoms with Crippen molar-refractivity contribution in [1.82, 2.24) is 15.6 Å². The molecule has 108 valence electrons. The van der Waals surface area contributed by atoms with Crippen molar-refractivity contribution < 1.29 is 9.59 Å². The minimum atomic E-state index is -0.198. The summed E-state index contributed by atoms with van der Waals surface area (Å²) in [5, 5.41) is 5.77. The highest BCUT2D eigenvalue weighted by atomic mass is 16.2. The summed E-state index contributed by atoms with van der Waals surface area (Å²) < 4.78 is 0. The van der Waals surface area contributed by atoms with Crippen molar-refractivity contribution in [2.75, 3.05) is 0 Å². The molecule has 1 fully saturated rings. The summed E-state index contributed by atoms with van der Waals surface area (Å²) >= 11 is 0. The maximum absolute atomic E-state index is 12.1. The SMILES string of the molecule is CC(C)NC(=O)c1ccnc(C(=O)NC2CCCC2)c1. The Morgan fingerprint density at radius 2 is 1.95 bits per heavy atom. The quantitative estimate of drug-likeness (QED) is 0.881. The van der Waals surface area contributed by atoms with Crippen molar-refractivity contribution in [3.05, 3.63) is 29.6 Å². The van der Waals surface area contributed by atoms with Gasteiger partial charge in [-0.2, -0.15) is 0 Å². The monoisotopic (exact) mass is 275 g/mol. The molecule has 5 heteroatoms. The van der Waals surface area contributed by atoms with Crippen LogP contribution in [0.1, 0.15) is 60.4 Å². The Kier molecular flexibility index (Phi) is 4.71. The molecule has 1 heterocycles. The van der Waals surface area contributed by atoms with Gasteiger partial charge in [-0.25, -0.2) is 0 Å². The van der Waals surface area contributed by atoms with Crippen LogP contribution in [0.2, 0.25) is 0 Å². The Morgan fingerprint density at radius 1 is 1.25 bits per heavy atom. The molecule has 0 aliphatic heterocycles. The highest BCUT2D eigenvalue weighted by Crippen LogP contribution is 2.18. The van der Waals surface area contributed by atoms with Crippen molar-refractivity contribution in [2.24, 2.45) is 0 Å². The van der Waals surface area contributed by atoms with E-state index in [9.17, 15) is 9.59 Å². The Balaban J connectivity index is 2.04.